The maximum Gasteiger partial charge on any atom is 0.166 e. The van der Waals surface area contributed by atoms with E-state index in [-0.39, 0.29) is 17.1 Å². The minimum Gasteiger partial charge on any atom is -0.455 e. The second-order valence-corrected chi connectivity index (χ2v) is 4.10. The zero-order chi connectivity index (χ0) is 14.5. The van der Waals surface area contributed by atoms with Gasteiger partial charge in [0.05, 0.1) is 5.56 Å². The molecule has 0 atom stereocenters. The summed E-state index contributed by atoms with van der Waals surface area (Å²) in [5, 5.41) is 8.96. The fraction of sp³-hybridized carbons (Fsp3) is 0.125. The van der Waals surface area contributed by atoms with Crippen LogP contribution in [0.15, 0.2) is 42.5 Å². The number of hydrogen-bond acceptors (Lipinski definition) is 3. The third kappa shape index (κ3) is 2.67. The Morgan fingerprint density at radius 1 is 1.20 bits per heavy atom. The third-order valence-corrected chi connectivity index (χ3v) is 2.82. The molecule has 0 aliphatic rings. The number of hydrogen-bond donors (Lipinski definition) is 0. The SMILES string of the molecule is CCC(=O)c1ccccc1Oc1cccc(F)c1C#N. The van der Waals surface area contributed by atoms with Crippen LogP contribution < -0.4 is 4.74 Å². The Bertz CT molecular complexity index is 689. The smallest absolute Gasteiger partial charge is 0.166 e. The number of ether oxygens (including phenoxy) is 1. The van der Waals surface area contributed by atoms with Gasteiger partial charge in [-0.1, -0.05) is 25.1 Å². The highest BCUT2D eigenvalue weighted by Crippen LogP contribution is 2.29. The number of Topliss-reactive ketones (excluding diaryl/α,β-unsaturated/α-hetero) is 1. The van der Waals surface area contributed by atoms with Crippen LogP contribution in [0.4, 0.5) is 4.39 Å². The van der Waals surface area contributed by atoms with Gasteiger partial charge in [0.2, 0.25) is 0 Å². The molecule has 0 fully saturated rings. The van der Waals surface area contributed by atoms with Crippen molar-refractivity contribution in [1.82, 2.24) is 0 Å². The average molecular weight is 269 g/mol. The minimum absolute atomic E-state index is 0.0736. The first-order chi connectivity index (χ1) is 9.67. The maximum absolute atomic E-state index is 13.5. The van der Waals surface area contributed by atoms with Crippen LogP contribution in [0.2, 0.25) is 0 Å². The molecule has 20 heavy (non-hydrogen) atoms. The van der Waals surface area contributed by atoms with Crippen molar-refractivity contribution >= 4 is 5.78 Å². The van der Waals surface area contributed by atoms with Gasteiger partial charge < -0.3 is 4.74 Å². The van der Waals surface area contributed by atoms with Gasteiger partial charge >= 0.3 is 0 Å². The summed E-state index contributed by atoms with van der Waals surface area (Å²) in [6.07, 6.45) is 0.342. The molecule has 0 aliphatic carbocycles. The van der Waals surface area contributed by atoms with Gasteiger partial charge in [-0.3, -0.25) is 4.79 Å². The third-order valence-electron chi connectivity index (χ3n) is 2.82. The molecule has 4 heteroatoms. The van der Waals surface area contributed by atoms with E-state index in [2.05, 4.69) is 0 Å². The first-order valence-electron chi connectivity index (χ1n) is 6.16. The number of para-hydroxylation sites is 1. The Hall–Kier alpha value is -2.67. The second kappa shape index (κ2) is 5.98. The molecule has 0 unspecified atom stereocenters. The minimum atomic E-state index is -0.649. The Morgan fingerprint density at radius 3 is 2.60 bits per heavy atom. The van der Waals surface area contributed by atoms with Gasteiger partial charge in [0.25, 0.3) is 0 Å². The van der Waals surface area contributed by atoms with Crippen LogP contribution in [0.5, 0.6) is 11.5 Å². The average Bonchev–Trinajstić information content (AvgIpc) is 2.47. The molecule has 0 spiro atoms. The number of halogens is 1. The molecular formula is C16H12FNO2. The van der Waals surface area contributed by atoms with Crippen molar-refractivity contribution in [3.63, 3.8) is 0 Å². The molecule has 0 aliphatic heterocycles. The molecule has 0 radical (unpaired) electrons. The van der Waals surface area contributed by atoms with E-state index < -0.39 is 5.82 Å². The zero-order valence-corrected chi connectivity index (χ0v) is 10.9. The standard InChI is InChI=1S/C16H12FNO2/c1-2-14(19)11-6-3-4-8-15(11)20-16-9-5-7-13(17)12(16)10-18/h3-9H,2H2,1H3. The van der Waals surface area contributed by atoms with E-state index in [4.69, 9.17) is 10.00 Å². The van der Waals surface area contributed by atoms with Gasteiger partial charge in [0.1, 0.15) is 28.9 Å². The number of benzene rings is 2. The Labute approximate surface area is 116 Å². The summed E-state index contributed by atoms with van der Waals surface area (Å²) in [6, 6.07) is 12.6. The van der Waals surface area contributed by atoms with Gasteiger partial charge in [-0.2, -0.15) is 5.26 Å². The predicted octanol–water partition coefficient (Wildman–Crippen LogP) is 4.08. The van der Waals surface area contributed by atoms with Crippen molar-refractivity contribution in [2.45, 2.75) is 13.3 Å². The van der Waals surface area contributed by atoms with E-state index in [1.807, 2.05) is 0 Å². The summed E-state index contributed by atoms with van der Waals surface area (Å²) in [5.41, 5.74) is 0.245. The molecule has 0 bridgehead atoms. The van der Waals surface area contributed by atoms with Crippen molar-refractivity contribution in [3.05, 3.63) is 59.4 Å². The maximum atomic E-state index is 13.5. The molecule has 0 aromatic heterocycles. The topological polar surface area (TPSA) is 50.1 Å². The number of ketones is 1. The van der Waals surface area contributed by atoms with Crippen molar-refractivity contribution in [2.24, 2.45) is 0 Å². The lowest BCUT2D eigenvalue weighted by Crippen LogP contribution is -2.01. The van der Waals surface area contributed by atoms with Crippen molar-refractivity contribution in [2.75, 3.05) is 0 Å². The summed E-state index contributed by atoms with van der Waals surface area (Å²) in [7, 11) is 0. The van der Waals surface area contributed by atoms with Crippen LogP contribution in [0.1, 0.15) is 29.3 Å². The number of nitriles is 1. The molecule has 2 aromatic carbocycles. The molecular weight excluding hydrogens is 257 g/mol. The first kappa shape index (κ1) is 13.8. The summed E-state index contributed by atoms with van der Waals surface area (Å²) >= 11 is 0. The normalized spacial score (nSPS) is 9.85. The quantitative estimate of drug-likeness (QED) is 0.786. The van der Waals surface area contributed by atoms with Crippen molar-refractivity contribution in [1.29, 1.82) is 5.26 Å². The summed E-state index contributed by atoms with van der Waals surface area (Å²) < 4.78 is 19.1. The van der Waals surface area contributed by atoms with Gasteiger partial charge in [-0.05, 0) is 24.3 Å². The lowest BCUT2D eigenvalue weighted by molar-refractivity contribution is 0.0986. The van der Waals surface area contributed by atoms with E-state index in [0.717, 1.165) is 0 Å². The van der Waals surface area contributed by atoms with Crippen molar-refractivity contribution < 1.29 is 13.9 Å². The van der Waals surface area contributed by atoms with Crippen LogP contribution in [0, 0.1) is 17.1 Å². The highest BCUT2D eigenvalue weighted by Gasteiger charge is 2.14. The Balaban J connectivity index is 2.44. The van der Waals surface area contributed by atoms with Gasteiger partial charge in [-0.15, -0.1) is 0 Å². The van der Waals surface area contributed by atoms with Crippen LogP contribution in [-0.2, 0) is 0 Å². The predicted molar refractivity (Wildman–Crippen MR) is 72.3 cm³/mol. The molecule has 0 saturated heterocycles. The fourth-order valence-corrected chi connectivity index (χ4v) is 1.79. The van der Waals surface area contributed by atoms with Crippen LogP contribution in [0.3, 0.4) is 0 Å². The molecule has 2 aromatic rings. The lowest BCUT2D eigenvalue weighted by Gasteiger charge is -2.11. The highest BCUT2D eigenvalue weighted by atomic mass is 19.1. The zero-order valence-electron chi connectivity index (χ0n) is 10.9. The van der Waals surface area contributed by atoms with E-state index in [9.17, 15) is 9.18 Å². The van der Waals surface area contributed by atoms with E-state index in [1.54, 1.807) is 37.3 Å². The summed E-state index contributed by atoms with van der Waals surface area (Å²) in [5.74, 6) is -0.301. The molecule has 0 N–H and O–H groups in total. The van der Waals surface area contributed by atoms with Gasteiger partial charge in [0, 0.05) is 6.42 Å². The molecule has 0 amide bonds. The second-order valence-electron chi connectivity index (χ2n) is 4.10. The van der Waals surface area contributed by atoms with Crippen LogP contribution >= 0.6 is 0 Å². The Morgan fingerprint density at radius 2 is 1.90 bits per heavy atom. The molecule has 0 heterocycles. The fourth-order valence-electron chi connectivity index (χ4n) is 1.79. The number of rotatable bonds is 4. The highest BCUT2D eigenvalue weighted by molar-refractivity contribution is 5.98. The number of nitrogens with zero attached hydrogens (tertiary/aromatic N) is 1. The van der Waals surface area contributed by atoms with Gasteiger partial charge in [0.15, 0.2) is 5.78 Å². The monoisotopic (exact) mass is 269 g/mol. The van der Waals surface area contributed by atoms with Crippen molar-refractivity contribution in [3.8, 4) is 17.6 Å². The molecule has 100 valence electrons. The largest absolute Gasteiger partial charge is 0.455 e. The van der Waals surface area contributed by atoms with E-state index >= 15 is 0 Å². The molecule has 3 nitrogen and oxygen atoms in total. The number of carbonyl (C=O) groups is 1. The lowest BCUT2D eigenvalue weighted by atomic mass is 10.1. The number of carbonyl (C=O) groups excluding carboxylic acids is 1. The first-order valence-corrected chi connectivity index (χ1v) is 6.16. The van der Waals surface area contributed by atoms with Crippen LogP contribution in [-0.4, -0.2) is 5.78 Å². The van der Waals surface area contributed by atoms with E-state index in [0.29, 0.717) is 17.7 Å². The molecule has 0 saturated carbocycles. The summed E-state index contributed by atoms with van der Waals surface area (Å²) in [4.78, 5) is 11.8. The Kier molecular flexibility index (Phi) is 4.11. The van der Waals surface area contributed by atoms with E-state index in [1.165, 1.54) is 18.2 Å². The molecule has 2 rings (SSSR count). The van der Waals surface area contributed by atoms with Gasteiger partial charge in [-0.25, -0.2) is 4.39 Å². The van der Waals surface area contributed by atoms with Crippen LogP contribution in [0.25, 0.3) is 0 Å². The summed E-state index contributed by atoms with van der Waals surface area (Å²) in [6.45, 7) is 1.75.